The normalized spacial score (nSPS) is 16.4. The Bertz CT molecular complexity index is 873. The van der Waals surface area contributed by atoms with Crippen molar-refractivity contribution in [3.8, 4) is 6.07 Å². The van der Waals surface area contributed by atoms with Crippen molar-refractivity contribution in [3.05, 3.63) is 59.4 Å². The first-order chi connectivity index (χ1) is 12.6. The molecule has 1 atom stereocenters. The molecule has 6 nitrogen and oxygen atoms in total. The molecule has 0 saturated carbocycles. The second-order valence-electron chi connectivity index (χ2n) is 6.16. The summed E-state index contributed by atoms with van der Waals surface area (Å²) in [6.45, 7) is 4.55. The van der Waals surface area contributed by atoms with Gasteiger partial charge in [-0.05, 0) is 44.5 Å². The molecule has 0 bridgehead atoms. The van der Waals surface area contributed by atoms with Crippen LogP contribution in [0.3, 0.4) is 0 Å². The molecule has 1 aliphatic rings. The molecule has 2 amide bonds. The number of nitriles is 1. The predicted octanol–water partition coefficient (Wildman–Crippen LogP) is 2.53. The van der Waals surface area contributed by atoms with E-state index in [2.05, 4.69) is 4.98 Å². The first kappa shape index (κ1) is 17.6. The van der Waals surface area contributed by atoms with Crippen LogP contribution in [0.4, 0.5) is 5.69 Å². The number of likely N-dealkylation sites (N-methyl/N-ethyl adjacent to an activating group) is 1. The minimum Gasteiger partial charge on any atom is -0.325 e. The molecule has 132 valence electrons. The number of pyridine rings is 1. The lowest BCUT2D eigenvalue weighted by molar-refractivity contribution is -0.120. The number of anilines is 1. The standard InChI is InChI=1S/C20H20N4O2/c1-3-23(19(25)17-10-9-15(13-21)14(2)22-17)18-11-12-24(20(18)26)16-7-5-4-6-8-16/h4-10,18H,3,11-12H2,1-2H3/t18-/m0/s1. The summed E-state index contributed by atoms with van der Waals surface area (Å²) >= 11 is 0. The van der Waals surface area contributed by atoms with Crippen molar-refractivity contribution < 1.29 is 9.59 Å². The molecule has 1 aromatic heterocycles. The first-order valence-corrected chi connectivity index (χ1v) is 8.62. The number of amides is 2. The van der Waals surface area contributed by atoms with E-state index in [0.29, 0.717) is 30.8 Å². The summed E-state index contributed by atoms with van der Waals surface area (Å²) in [5.74, 6) is -0.356. The Morgan fingerprint density at radius 1 is 1.31 bits per heavy atom. The zero-order chi connectivity index (χ0) is 18.7. The number of aromatic nitrogens is 1. The number of para-hydroxylation sites is 1. The highest BCUT2D eigenvalue weighted by molar-refractivity contribution is 6.03. The second kappa shape index (κ2) is 7.36. The lowest BCUT2D eigenvalue weighted by Gasteiger charge is -2.26. The van der Waals surface area contributed by atoms with E-state index in [1.54, 1.807) is 28.9 Å². The van der Waals surface area contributed by atoms with Gasteiger partial charge in [-0.25, -0.2) is 4.98 Å². The molecule has 1 saturated heterocycles. The van der Waals surface area contributed by atoms with Crippen LogP contribution >= 0.6 is 0 Å². The molecule has 1 aromatic carbocycles. The Labute approximate surface area is 152 Å². The summed E-state index contributed by atoms with van der Waals surface area (Å²) in [7, 11) is 0. The highest BCUT2D eigenvalue weighted by Gasteiger charge is 2.38. The van der Waals surface area contributed by atoms with Crippen LogP contribution in [-0.4, -0.2) is 40.8 Å². The molecule has 3 rings (SSSR count). The van der Waals surface area contributed by atoms with Crippen LogP contribution in [0.5, 0.6) is 0 Å². The number of aryl methyl sites for hydroxylation is 1. The van der Waals surface area contributed by atoms with Crippen molar-refractivity contribution >= 4 is 17.5 Å². The Morgan fingerprint density at radius 3 is 2.65 bits per heavy atom. The molecule has 0 N–H and O–H groups in total. The second-order valence-corrected chi connectivity index (χ2v) is 6.16. The van der Waals surface area contributed by atoms with E-state index in [-0.39, 0.29) is 17.5 Å². The number of benzene rings is 1. The fraction of sp³-hybridized carbons (Fsp3) is 0.300. The van der Waals surface area contributed by atoms with Gasteiger partial charge in [-0.1, -0.05) is 18.2 Å². The highest BCUT2D eigenvalue weighted by Crippen LogP contribution is 2.25. The van der Waals surface area contributed by atoms with Gasteiger partial charge in [-0.15, -0.1) is 0 Å². The summed E-state index contributed by atoms with van der Waals surface area (Å²) in [5.41, 5.74) is 2.06. The van der Waals surface area contributed by atoms with E-state index < -0.39 is 6.04 Å². The summed E-state index contributed by atoms with van der Waals surface area (Å²) in [6, 6.07) is 14.2. The van der Waals surface area contributed by atoms with E-state index >= 15 is 0 Å². The van der Waals surface area contributed by atoms with Crippen molar-refractivity contribution in [2.45, 2.75) is 26.3 Å². The Kier molecular flexibility index (Phi) is 4.99. The molecule has 26 heavy (non-hydrogen) atoms. The maximum atomic E-state index is 12.9. The number of hydrogen-bond donors (Lipinski definition) is 0. The molecule has 0 radical (unpaired) electrons. The lowest BCUT2D eigenvalue weighted by Crippen LogP contribution is -2.45. The molecule has 2 heterocycles. The average Bonchev–Trinajstić information content (AvgIpc) is 3.04. The Hall–Kier alpha value is -3.20. The third-order valence-corrected chi connectivity index (χ3v) is 4.65. The van der Waals surface area contributed by atoms with E-state index in [4.69, 9.17) is 5.26 Å². The van der Waals surface area contributed by atoms with Crippen LogP contribution in [0.15, 0.2) is 42.5 Å². The van der Waals surface area contributed by atoms with Gasteiger partial charge in [0, 0.05) is 18.8 Å². The van der Waals surface area contributed by atoms with Gasteiger partial charge in [0.25, 0.3) is 5.91 Å². The van der Waals surface area contributed by atoms with Crippen molar-refractivity contribution in [1.82, 2.24) is 9.88 Å². The maximum absolute atomic E-state index is 12.9. The molecule has 0 unspecified atom stereocenters. The van der Waals surface area contributed by atoms with E-state index in [0.717, 1.165) is 5.69 Å². The van der Waals surface area contributed by atoms with Gasteiger partial charge in [-0.2, -0.15) is 5.26 Å². The topological polar surface area (TPSA) is 77.3 Å². The first-order valence-electron chi connectivity index (χ1n) is 8.62. The molecule has 6 heteroatoms. The summed E-state index contributed by atoms with van der Waals surface area (Å²) in [6.07, 6.45) is 0.586. The molecule has 0 spiro atoms. The smallest absolute Gasteiger partial charge is 0.273 e. The van der Waals surface area contributed by atoms with Crippen LogP contribution in [0.2, 0.25) is 0 Å². The fourth-order valence-electron chi connectivity index (χ4n) is 3.27. The van der Waals surface area contributed by atoms with Crippen LogP contribution in [-0.2, 0) is 4.79 Å². The summed E-state index contributed by atoms with van der Waals surface area (Å²) in [5, 5.41) is 9.01. The number of nitrogens with zero attached hydrogens (tertiary/aromatic N) is 4. The lowest BCUT2D eigenvalue weighted by atomic mass is 10.1. The van der Waals surface area contributed by atoms with Crippen molar-refractivity contribution in [2.75, 3.05) is 18.0 Å². The van der Waals surface area contributed by atoms with Gasteiger partial charge < -0.3 is 9.80 Å². The molecule has 0 aliphatic carbocycles. The van der Waals surface area contributed by atoms with Gasteiger partial charge >= 0.3 is 0 Å². The number of rotatable bonds is 4. The molecule has 1 aliphatic heterocycles. The SMILES string of the molecule is CCN(C(=O)c1ccc(C#N)c(C)n1)[C@H]1CCN(c2ccccc2)C1=O. The zero-order valence-corrected chi connectivity index (χ0v) is 14.8. The minimum absolute atomic E-state index is 0.0724. The van der Waals surface area contributed by atoms with E-state index in [9.17, 15) is 9.59 Å². The third-order valence-electron chi connectivity index (χ3n) is 4.65. The number of carbonyl (C=O) groups is 2. The van der Waals surface area contributed by atoms with Crippen LogP contribution in [0.25, 0.3) is 0 Å². The van der Waals surface area contributed by atoms with E-state index in [1.807, 2.05) is 43.3 Å². The summed E-state index contributed by atoms with van der Waals surface area (Å²) in [4.78, 5) is 33.3. The largest absolute Gasteiger partial charge is 0.325 e. The monoisotopic (exact) mass is 348 g/mol. The number of hydrogen-bond acceptors (Lipinski definition) is 4. The van der Waals surface area contributed by atoms with Gasteiger partial charge in [0.1, 0.15) is 17.8 Å². The molecular formula is C20H20N4O2. The minimum atomic E-state index is -0.495. The van der Waals surface area contributed by atoms with Crippen LogP contribution < -0.4 is 4.90 Å². The quantitative estimate of drug-likeness (QED) is 0.851. The zero-order valence-electron chi connectivity index (χ0n) is 14.8. The molecule has 2 aromatic rings. The maximum Gasteiger partial charge on any atom is 0.273 e. The van der Waals surface area contributed by atoms with Crippen molar-refractivity contribution in [2.24, 2.45) is 0 Å². The number of carbonyl (C=O) groups excluding carboxylic acids is 2. The van der Waals surface area contributed by atoms with E-state index in [1.165, 1.54) is 0 Å². The van der Waals surface area contributed by atoms with Crippen molar-refractivity contribution in [3.63, 3.8) is 0 Å². The van der Waals surface area contributed by atoms with Gasteiger partial charge in [0.2, 0.25) is 5.91 Å². The van der Waals surface area contributed by atoms with Crippen LogP contribution in [0, 0.1) is 18.3 Å². The Balaban J connectivity index is 1.83. The predicted molar refractivity (Wildman–Crippen MR) is 97.6 cm³/mol. The summed E-state index contributed by atoms with van der Waals surface area (Å²) < 4.78 is 0. The van der Waals surface area contributed by atoms with Gasteiger partial charge in [0.05, 0.1) is 11.3 Å². The Morgan fingerprint density at radius 2 is 2.04 bits per heavy atom. The molecular weight excluding hydrogens is 328 g/mol. The highest BCUT2D eigenvalue weighted by atomic mass is 16.2. The van der Waals surface area contributed by atoms with Crippen molar-refractivity contribution in [1.29, 1.82) is 5.26 Å². The van der Waals surface area contributed by atoms with Gasteiger partial charge in [0.15, 0.2) is 0 Å². The van der Waals surface area contributed by atoms with Crippen LogP contribution in [0.1, 0.15) is 35.1 Å². The molecule has 1 fully saturated rings. The average molecular weight is 348 g/mol. The van der Waals surface area contributed by atoms with Gasteiger partial charge in [-0.3, -0.25) is 9.59 Å². The third kappa shape index (κ3) is 3.16. The fourth-order valence-corrected chi connectivity index (χ4v) is 3.27.